The summed E-state index contributed by atoms with van der Waals surface area (Å²) in [6.07, 6.45) is 0.204. The minimum atomic E-state index is -0.845. The summed E-state index contributed by atoms with van der Waals surface area (Å²) in [4.78, 5) is 24.8. The van der Waals surface area contributed by atoms with E-state index >= 15 is 0 Å². The number of aliphatic carboxylic acids is 1. The lowest BCUT2D eigenvalue weighted by atomic mass is 9.99. The Balaban J connectivity index is 2.02. The highest BCUT2D eigenvalue weighted by Crippen LogP contribution is 2.25. The zero-order valence-corrected chi connectivity index (χ0v) is 12.5. The highest BCUT2D eigenvalue weighted by atomic mass is 35.5. The molecule has 1 aliphatic heterocycles. The van der Waals surface area contributed by atoms with Gasteiger partial charge in [-0.15, -0.1) is 0 Å². The van der Waals surface area contributed by atoms with Crippen molar-refractivity contribution in [2.45, 2.75) is 13.3 Å². The van der Waals surface area contributed by atoms with Crippen molar-refractivity contribution in [1.29, 1.82) is 0 Å². The SMILES string of the molecule is CC1CN(C(=O)Cc2ccc(Cl)c(Cl)c2)CC1C(=O)O. The predicted octanol–water partition coefficient (Wildman–Crippen LogP) is 2.72. The monoisotopic (exact) mass is 315 g/mol. The molecular weight excluding hydrogens is 301 g/mol. The fourth-order valence-electron chi connectivity index (χ4n) is 2.43. The van der Waals surface area contributed by atoms with Crippen molar-refractivity contribution in [3.05, 3.63) is 33.8 Å². The Hall–Kier alpha value is -1.26. The average Bonchev–Trinajstić information content (AvgIpc) is 2.76. The van der Waals surface area contributed by atoms with Gasteiger partial charge >= 0.3 is 5.97 Å². The van der Waals surface area contributed by atoms with Crippen LogP contribution in [0.15, 0.2) is 18.2 Å². The van der Waals surface area contributed by atoms with Gasteiger partial charge in [-0.3, -0.25) is 9.59 Å². The lowest BCUT2D eigenvalue weighted by molar-refractivity contribution is -0.142. The number of amides is 1. The number of carboxylic acid groups (broad SMARTS) is 1. The van der Waals surface area contributed by atoms with Crippen LogP contribution in [-0.2, 0) is 16.0 Å². The maximum Gasteiger partial charge on any atom is 0.308 e. The summed E-state index contributed by atoms with van der Waals surface area (Å²) >= 11 is 11.7. The zero-order chi connectivity index (χ0) is 14.9. The molecule has 1 aromatic rings. The van der Waals surface area contributed by atoms with Gasteiger partial charge in [0.05, 0.1) is 22.4 Å². The summed E-state index contributed by atoms with van der Waals surface area (Å²) in [6, 6.07) is 5.06. The van der Waals surface area contributed by atoms with E-state index in [1.165, 1.54) is 0 Å². The van der Waals surface area contributed by atoms with Gasteiger partial charge in [0.2, 0.25) is 5.91 Å². The predicted molar refractivity (Wildman–Crippen MR) is 77.0 cm³/mol. The van der Waals surface area contributed by atoms with Crippen molar-refractivity contribution in [2.24, 2.45) is 11.8 Å². The first-order valence-electron chi connectivity index (χ1n) is 6.33. The second kappa shape index (κ2) is 6.02. The molecule has 2 unspecified atom stereocenters. The smallest absolute Gasteiger partial charge is 0.308 e. The van der Waals surface area contributed by atoms with Gasteiger partial charge in [-0.2, -0.15) is 0 Å². The third kappa shape index (κ3) is 3.25. The van der Waals surface area contributed by atoms with Crippen LogP contribution in [0, 0.1) is 11.8 Å². The number of rotatable bonds is 3. The molecule has 108 valence electrons. The van der Waals surface area contributed by atoms with Crippen LogP contribution in [0.2, 0.25) is 10.0 Å². The third-order valence-corrected chi connectivity index (χ3v) is 4.36. The third-order valence-electron chi connectivity index (χ3n) is 3.62. The number of carbonyl (C=O) groups excluding carboxylic acids is 1. The van der Waals surface area contributed by atoms with E-state index in [2.05, 4.69) is 0 Å². The van der Waals surface area contributed by atoms with Crippen LogP contribution >= 0.6 is 23.2 Å². The highest BCUT2D eigenvalue weighted by Gasteiger charge is 2.36. The van der Waals surface area contributed by atoms with E-state index in [1.54, 1.807) is 23.1 Å². The van der Waals surface area contributed by atoms with E-state index in [0.717, 1.165) is 5.56 Å². The second-order valence-corrected chi connectivity index (χ2v) is 5.96. The molecule has 2 rings (SSSR count). The molecule has 20 heavy (non-hydrogen) atoms. The number of likely N-dealkylation sites (tertiary alicyclic amines) is 1. The average molecular weight is 316 g/mol. The van der Waals surface area contributed by atoms with Crippen molar-refractivity contribution in [1.82, 2.24) is 4.90 Å². The fourth-order valence-corrected chi connectivity index (χ4v) is 2.75. The Kier molecular flexibility index (Phi) is 4.55. The molecule has 1 aromatic carbocycles. The number of benzene rings is 1. The van der Waals surface area contributed by atoms with Crippen LogP contribution < -0.4 is 0 Å². The molecule has 1 N–H and O–H groups in total. The topological polar surface area (TPSA) is 57.6 Å². The molecule has 1 aliphatic rings. The van der Waals surface area contributed by atoms with E-state index in [-0.39, 0.29) is 24.8 Å². The quantitative estimate of drug-likeness (QED) is 0.933. The maximum atomic E-state index is 12.2. The Morgan fingerprint density at radius 2 is 2.00 bits per heavy atom. The van der Waals surface area contributed by atoms with Gasteiger partial charge in [0.15, 0.2) is 0 Å². The first-order valence-corrected chi connectivity index (χ1v) is 7.08. The lowest BCUT2D eigenvalue weighted by Crippen LogP contribution is -2.31. The second-order valence-electron chi connectivity index (χ2n) is 5.15. The standard InChI is InChI=1S/C14H15Cl2NO3/c1-8-6-17(7-10(8)14(19)20)13(18)5-9-2-3-11(15)12(16)4-9/h2-4,8,10H,5-7H2,1H3,(H,19,20). The highest BCUT2D eigenvalue weighted by molar-refractivity contribution is 6.42. The van der Waals surface area contributed by atoms with E-state index in [0.29, 0.717) is 16.6 Å². The Morgan fingerprint density at radius 3 is 2.55 bits per heavy atom. The van der Waals surface area contributed by atoms with Crippen LogP contribution in [0.5, 0.6) is 0 Å². The molecular formula is C14H15Cl2NO3. The van der Waals surface area contributed by atoms with Gasteiger partial charge in [-0.25, -0.2) is 0 Å². The van der Waals surface area contributed by atoms with Crippen LogP contribution in [-0.4, -0.2) is 35.0 Å². The molecule has 1 heterocycles. The van der Waals surface area contributed by atoms with Crippen LogP contribution in [0.4, 0.5) is 0 Å². The first kappa shape index (κ1) is 15.1. The number of carboxylic acids is 1. The molecule has 1 fully saturated rings. The zero-order valence-electron chi connectivity index (χ0n) is 11.0. The lowest BCUT2D eigenvalue weighted by Gasteiger charge is -2.16. The van der Waals surface area contributed by atoms with Gasteiger partial charge in [0.1, 0.15) is 0 Å². The number of halogens is 2. The Labute approximate surface area is 127 Å². The van der Waals surface area contributed by atoms with Gasteiger partial charge in [-0.05, 0) is 23.6 Å². The van der Waals surface area contributed by atoms with Gasteiger partial charge in [0, 0.05) is 13.1 Å². The summed E-state index contributed by atoms with van der Waals surface area (Å²) in [7, 11) is 0. The minimum Gasteiger partial charge on any atom is -0.481 e. The maximum absolute atomic E-state index is 12.2. The van der Waals surface area contributed by atoms with E-state index in [4.69, 9.17) is 28.3 Å². The van der Waals surface area contributed by atoms with Crippen LogP contribution in [0.3, 0.4) is 0 Å². The molecule has 6 heteroatoms. The van der Waals surface area contributed by atoms with E-state index in [1.807, 2.05) is 6.92 Å². The molecule has 4 nitrogen and oxygen atoms in total. The molecule has 0 spiro atoms. The normalized spacial score (nSPS) is 22.1. The number of hydrogen-bond acceptors (Lipinski definition) is 2. The molecule has 0 bridgehead atoms. The van der Waals surface area contributed by atoms with Crippen LogP contribution in [0.1, 0.15) is 12.5 Å². The minimum absolute atomic E-state index is 0.0229. The van der Waals surface area contributed by atoms with Gasteiger partial charge < -0.3 is 10.0 Å². The van der Waals surface area contributed by atoms with E-state index < -0.39 is 11.9 Å². The van der Waals surface area contributed by atoms with Crippen molar-refractivity contribution in [2.75, 3.05) is 13.1 Å². The van der Waals surface area contributed by atoms with E-state index in [9.17, 15) is 9.59 Å². The van der Waals surface area contributed by atoms with Gasteiger partial charge in [-0.1, -0.05) is 36.2 Å². The summed E-state index contributed by atoms with van der Waals surface area (Å²) in [5.74, 6) is -1.43. The van der Waals surface area contributed by atoms with Gasteiger partial charge in [0.25, 0.3) is 0 Å². The fraction of sp³-hybridized carbons (Fsp3) is 0.429. The van der Waals surface area contributed by atoms with Crippen molar-refractivity contribution in [3.63, 3.8) is 0 Å². The molecule has 2 atom stereocenters. The summed E-state index contributed by atoms with van der Waals surface area (Å²) in [5, 5.41) is 9.93. The molecule has 0 saturated carbocycles. The Bertz CT molecular complexity index is 547. The van der Waals surface area contributed by atoms with Crippen molar-refractivity contribution >= 4 is 35.1 Å². The van der Waals surface area contributed by atoms with Crippen molar-refractivity contribution < 1.29 is 14.7 Å². The van der Waals surface area contributed by atoms with Crippen LogP contribution in [0.25, 0.3) is 0 Å². The summed E-state index contributed by atoms with van der Waals surface area (Å²) < 4.78 is 0. The largest absolute Gasteiger partial charge is 0.481 e. The number of hydrogen-bond donors (Lipinski definition) is 1. The first-order chi connectivity index (χ1) is 9.38. The summed E-state index contributed by atoms with van der Waals surface area (Å²) in [5.41, 5.74) is 0.774. The number of carbonyl (C=O) groups is 2. The molecule has 1 saturated heterocycles. The van der Waals surface area contributed by atoms with Crippen molar-refractivity contribution in [3.8, 4) is 0 Å². The Morgan fingerprint density at radius 1 is 1.30 bits per heavy atom. The summed E-state index contributed by atoms with van der Waals surface area (Å²) in [6.45, 7) is 2.61. The number of nitrogens with zero attached hydrogens (tertiary/aromatic N) is 1. The molecule has 1 amide bonds. The molecule has 0 aromatic heterocycles. The molecule has 0 aliphatic carbocycles. The molecule has 0 radical (unpaired) electrons.